The first kappa shape index (κ1) is 79.1. The molecule has 0 bridgehead atoms. The molecular formula is C63H99N9O19. The molecule has 1 aromatic carbocycles. The molecule has 0 unspecified atom stereocenters. The highest BCUT2D eigenvalue weighted by atomic mass is 16.6. The minimum absolute atomic E-state index is 0.0232. The van der Waals surface area contributed by atoms with Gasteiger partial charge in [-0.15, -0.1) is 0 Å². The van der Waals surface area contributed by atoms with Crippen LogP contribution in [0.5, 0.6) is 0 Å². The predicted octanol–water partition coefficient (Wildman–Crippen LogP) is 3.57. The molecule has 0 radical (unpaired) electrons. The normalized spacial score (nSPS) is 13.6. The summed E-state index contributed by atoms with van der Waals surface area (Å²) in [6.45, 7) is 20.3. The van der Waals surface area contributed by atoms with E-state index in [0.717, 1.165) is 29.9 Å². The Bertz CT molecular complexity index is 2610. The Hall–Kier alpha value is -8.01. The van der Waals surface area contributed by atoms with Crippen LogP contribution in [0.3, 0.4) is 0 Å². The van der Waals surface area contributed by atoms with Crippen LogP contribution in [0.15, 0.2) is 36.4 Å². The molecule has 1 heterocycles. The Labute approximate surface area is 533 Å². The van der Waals surface area contributed by atoms with Gasteiger partial charge in [-0.05, 0) is 144 Å². The third-order valence-corrected chi connectivity index (χ3v) is 13.0. The van der Waals surface area contributed by atoms with Gasteiger partial charge in [-0.2, -0.15) is 0 Å². The van der Waals surface area contributed by atoms with Crippen LogP contribution in [0.1, 0.15) is 187 Å². The van der Waals surface area contributed by atoms with Crippen LogP contribution in [0.4, 0.5) is 4.79 Å². The maximum absolute atomic E-state index is 13.2. The Balaban J connectivity index is 1.63. The van der Waals surface area contributed by atoms with Gasteiger partial charge in [0.1, 0.15) is 41.0 Å². The van der Waals surface area contributed by atoms with E-state index in [2.05, 4.69) is 42.5 Å². The van der Waals surface area contributed by atoms with Crippen LogP contribution >= 0.6 is 0 Å². The van der Waals surface area contributed by atoms with Crippen molar-refractivity contribution in [2.75, 3.05) is 59.2 Å². The molecule has 0 aromatic heterocycles. The number of ether oxygens (including phenoxy) is 5. The van der Waals surface area contributed by atoms with Crippen LogP contribution in [0.2, 0.25) is 0 Å². The summed E-state index contributed by atoms with van der Waals surface area (Å²) in [6, 6.07) is 0.511. The Morgan fingerprint density at radius 1 is 0.473 bits per heavy atom. The average Bonchev–Trinajstić information content (AvgIpc) is 2.50. The van der Waals surface area contributed by atoms with E-state index in [4.69, 9.17) is 23.7 Å². The molecule has 91 heavy (non-hydrogen) atoms. The first-order valence-electron chi connectivity index (χ1n) is 31.1. The molecule has 510 valence electrons. The number of hydrogen-bond donors (Lipinski definition) is 9. The van der Waals surface area contributed by atoms with Gasteiger partial charge in [-0.3, -0.25) is 48.1 Å². The van der Waals surface area contributed by atoms with Crippen LogP contribution in [-0.2, 0) is 71.6 Å². The lowest BCUT2D eigenvalue weighted by molar-refractivity contribution is -0.159. The molecule has 0 fully saturated rings. The van der Waals surface area contributed by atoms with Gasteiger partial charge in [0.2, 0.25) is 23.6 Å². The van der Waals surface area contributed by atoms with E-state index in [9.17, 15) is 67.4 Å². The number of amides is 10. The van der Waals surface area contributed by atoms with Crippen molar-refractivity contribution >= 4 is 77.2 Å². The fourth-order valence-electron chi connectivity index (χ4n) is 8.50. The van der Waals surface area contributed by atoms with E-state index in [-0.39, 0.29) is 121 Å². The molecule has 28 heteroatoms. The number of aliphatic carboxylic acids is 1. The number of imide groups is 1. The van der Waals surface area contributed by atoms with Crippen molar-refractivity contribution in [2.45, 2.75) is 207 Å². The van der Waals surface area contributed by atoms with Crippen molar-refractivity contribution in [1.82, 2.24) is 47.4 Å². The lowest BCUT2D eigenvalue weighted by Crippen LogP contribution is -2.53. The SMILES string of the molecule is CC(C)[C@H](NC(=O)[C@H](CCCCNC(=O)CCOCCOCCNC(=O)c1ccc(C(=O)NCCCCCCNC(=O)CC[C@H](NC(=O)N[C@@H](CCC(=O)OC(C)(C)C)C(=O)OC(C)(C)C)C(=O)OC(C)(C)C)cc1)NC(=O)CCCN1C(=O)C=CC1=O)C(=O)O. The molecule has 0 aliphatic carbocycles. The van der Waals surface area contributed by atoms with Gasteiger partial charge in [-0.1, -0.05) is 26.7 Å². The summed E-state index contributed by atoms with van der Waals surface area (Å²) >= 11 is 0. The second-order valence-electron chi connectivity index (χ2n) is 25.1. The molecule has 1 aliphatic rings. The summed E-state index contributed by atoms with van der Waals surface area (Å²) in [7, 11) is 0. The quantitative estimate of drug-likeness (QED) is 0.0195. The highest BCUT2D eigenvalue weighted by Gasteiger charge is 2.33. The molecule has 0 saturated carbocycles. The highest BCUT2D eigenvalue weighted by Crippen LogP contribution is 2.16. The highest BCUT2D eigenvalue weighted by molar-refractivity contribution is 6.12. The fraction of sp³-hybridized carbons (Fsp3) is 0.667. The van der Waals surface area contributed by atoms with Gasteiger partial charge in [-0.25, -0.2) is 19.2 Å². The largest absolute Gasteiger partial charge is 0.480 e. The van der Waals surface area contributed by atoms with Crippen molar-refractivity contribution in [3.05, 3.63) is 47.5 Å². The molecule has 9 N–H and O–H groups in total. The van der Waals surface area contributed by atoms with Crippen molar-refractivity contribution in [1.29, 1.82) is 0 Å². The standard InChI is InChI=1S/C63H99N9O19/c1-41(2)53(57(82)83)71-56(81)44(68-49(75)20-18-36-72-50(76)28-29-51(72)77)19-14-17-33-65-48(74)31-37-87-39-40-88-38-35-67-55(80)43-23-21-42(22-24-43)54(79)66-34-16-13-12-15-32-64-47(73)27-25-45(58(84)90-62(6,7)8)69-60(86)70-46(59(85)91-63(9,10)11)26-30-52(78)89-61(3,4)5/h21-24,28-29,41,44-46,53H,12-20,25-27,30-40H2,1-11H3,(H,64,73)(H,65,74)(H,66,79)(H,67,80)(H,68,75)(H,71,81)(H,82,83)(H2,69,70,86)/t44-,45-,46-,53-/m0/s1. The number of hydrogen-bond acceptors (Lipinski definition) is 18. The molecule has 2 rings (SSSR count). The molecule has 1 aromatic rings. The summed E-state index contributed by atoms with van der Waals surface area (Å²) in [4.78, 5) is 165. The van der Waals surface area contributed by atoms with Gasteiger partial charge < -0.3 is 71.3 Å². The first-order chi connectivity index (χ1) is 42.6. The number of carbonyl (C=O) groups excluding carboxylic acids is 12. The van der Waals surface area contributed by atoms with E-state index in [1.54, 1.807) is 100 Å². The monoisotopic (exact) mass is 1290 g/mol. The molecule has 28 nitrogen and oxygen atoms in total. The minimum Gasteiger partial charge on any atom is -0.480 e. The number of urea groups is 1. The topological polar surface area (TPSA) is 388 Å². The van der Waals surface area contributed by atoms with Gasteiger partial charge in [0.15, 0.2) is 0 Å². The molecular weight excluding hydrogens is 1190 g/mol. The number of benzene rings is 1. The second kappa shape index (κ2) is 40.7. The van der Waals surface area contributed by atoms with Crippen molar-refractivity contribution in [2.24, 2.45) is 5.92 Å². The lowest BCUT2D eigenvalue weighted by atomic mass is 10.0. The van der Waals surface area contributed by atoms with E-state index >= 15 is 0 Å². The summed E-state index contributed by atoms with van der Waals surface area (Å²) in [5.74, 6) is -7.22. The van der Waals surface area contributed by atoms with Crippen molar-refractivity contribution in [3.8, 4) is 0 Å². The number of esters is 3. The zero-order valence-corrected chi connectivity index (χ0v) is 54.9. The number of carboxylic acid groups (broad SMARTS) is 1. The number of rotatable bonds is 42. The molecule has 4 atom stereocenters. The van der Waals surface area contributed by atoms with Crippen LogP contribution in [0, 0.1) is 5.92 Å². The zero-order valence-electron chi connectivity index (χ0n) is 54.9. The van der Waals surface area contributed by atoms with Gasteiger partial charge >= 0.3 is 29.9 Å². The summed E-state index contributed by atoms with van der Waals surface area (Å²) in [5.41, 5.74) is -1.85. The van der Waals surface area contributed by atoms with Gasteiger partial charge in [0, 0.05) is 81.7 Å². The Morgan fingerprint density at radius 2 is 0.934 bits per heavy atom. The molecule has 0 saturated heterocycles. The van der Waals surface area contributed by atoms with E-state index < -0.39 is 100 Å². The number of unbranched alkanes of at least 4 members (excludes halogenated alkanes) is 4. The van der Waals surface area contributed by atoms with Gasteiger partial charge in [0.05, 0.1) is 26.4 Å². The van der Waals surface area contributed by atoms with E-state index in [1.807, 2.05) is 0 Å². The Morgan fingerprint density at radius 3 is 1.43 bits per heavy atom. The van der Waals surface area contributed by atoms with Crippen molar-refractivity contribution < 1.29 is 91.1 Å². The van der Waals surface area contributed by atoms with E-state index in [0.29, 0.717) is 49.9 Å². The third kappa shape index (κ3) is 35.8. The smallest absolute Gasteiger partial charge is 0.329 e. The van der Waals surface area contributed by atoms with Gasteiger partial charge in [0.25, 0.3) is 23.6 Å². The Kier molecular flexibility index (Phi) is 35.3. The zero-order chi connectivity index (χ0) is 68.3. The molecule has 0 spiro atoms. The summed E-state index contributed by atoms with van der Waals surface area (Å²) in [5, 5.41) is 30.9. The molecule has 1 aliphatic heterocycles. The molecule has 10 amide bonds. The van der Waals surface area contributed by atoms with E-state index in [1.165, 1.54) is 0 Å². The third-order valence-electron chi connectivity index (χ3n) is 13.0. The second-order valence-corrected chi connectivity index (χ2v) is 25.1. The van der Waals surface area contributed by atoms with Crippen molar-refractivity contribution in [3.63, 3.8) is 0 Å². The van der Waals surface area contributed by atoms with Crippen LogP contribution in [-0.4, -0.2) is 187 Å². The maximum Gasteiger partial charge on any atom is 0.329 e. The summed E-state index contributed by atoms with van der Waals surface area (Å²) in [6.07, 6.45) is 5.68. The maximum atomic E-state index is 13.2. The average molecular weight is 1290 g/mol. The lowest BCUT2D eigenvalue weighted by Gasteiger charge is -2.27. The van der Waals surface area contributed by atoms with Crippen LogP contribution in [0.25, 0.3) is 0 Å². The summed E-state index contributed by atoms with van der Waals surface area (Å²) < 4.78 is 27.3. The number of nitrogens with zero attached hydrogens (tertiary/aromatic N) is 1. The minimum atomic E-state index is -1.26. The number of carboxylic acids is 1. The number of nitrogens with one attached hydrogen (secondary N) is 8. The fourth-order valence-corrected chi connectivity index (χ4v) is 8.50. The number of carbonyl (C=O) groups is 13. The van der Waals surface area contributed by atoms with Crippen LogP contribution < -0.4 is 42.5 Å². The predicted molar refractivity (Wildman–Crippen MR) is 332 cm³/mol. The first-order valence-corrected chi connectivity index (χ1v) is 31.1.